The summed E-state index contributed by atoms with van der Waals surface area (Å²) in [4.78, 5) is 15.6. The van der Waals surface area contributed by atoms with Crippen molar-refractivity contribution in [2.24, 2.45) is 7.05 Å². The maximum absolute atomic E-state index is 13.6. The molecule has 1 aliphatic rings. The lowest BCUT2D eigenvalue weighted by molar-refractivity contribution is 0.199. The first-order valence-electron chi connectivity index (χ1n) is 10.2. The van der Waals surface area contributed by atoms with Gasteiger partial charge in [-0.1, -0.05) is 35.9 Å². The van der Waals surface area contributed by atoms with Crippen molar-refractivity contribution in [3.8, 4) is 5.69 Å². The Labute approximate surface area is 188 Å². The molecule has 0 bridgehead atoms. The molecule has 1 saturated heterocycles. The van der Waals surface area contributed by atoms with Gasteiger partial charge in [0.1, 0.15) is 10.8 Å². The van der Waals surface area contributed by atoms with Gasteiger partial charge in [-0.3, -0.25) is 18.6 Å². The fourth-order valence-electron chi connectivity index (χ4n) is 4.36. The van der Waals surface area contributed by atoms with Crippen molar-refractivity contribution in [2.45, 2.75) is 30.2 Å². The first kappa shape index (κ1) is 22.0. The average molecular weight is 462 g/mol. The number of nitrogens with zero attached hydrogens (tertiary/aromatic N) is 3. The van der Waals surface area contributed by atoms with Crippen LogP contribution in [0.2, 0.25) is 5.02 Å². The van der Waals surface area contributed by atoms with Crippen LogP contribution in [-0.2, 0) is 24.4 Å². The summed E-state index contributed by atoms with van der Waals surface area (Å²) in [6, 6.07) is 14.0. The fourth-order valence-corrected chi connectivity index (χ4v) is 5.46. The van der Waals surface area contributed by atoms with Crippen molar-refractivity contribution in [2.75, 3.05) is 19.3 Å². The summed E-state index contributed by atoms with van der Waals surface area (Å²) in [5.74, 6) is -0.117. The second-order valence-electron chi connectivity index (χ2n) is 7.92. The van der Waals surface area contributed by atoms with Crippen molar-refractivity contribution in [3.05, 3.63) is 81.0 Å². The molecule has 0 amide bonds. The van der Waals surface area contributed by atoms with Crippen LogP contribution in [0.3, 0.4) is 0 Å². The smallest absolute Gasteiger partial charge is 0.290 e. The fraction of sp³-hybridized carbons (Fsp3) is 0.348. The first-order valence-corrected chi connectivity index (χ1v) is 12.2. The summed E-state index contributed by atoms with van der Waals surface area (Å²) in [5, 5.41) is 0.246. The van der Waals surface area contributed by atoms with Gasteiger partial charge in [0.25, 0.3) is 5.56 Å². The number of hydrogen-bond acceptors (Lipinski definition) is 3. The predicted octanol–water partition coefficient (Wildman–Crippen LogP) is 4.09. The van der Waals surface area contributed by atoms with Gasteiger partial charge in [0.2, 0.25) is 0 Å². The van der Waals surface area contributed by atoms with Gasteiger partial charge < -0.3 is 0 Å². The van der Waals surface area contributed by atoms with Crippen molar-refractivity contribution >= 4 is 22.4 Å². The van der Waals surface area contributed by atoms with Crippen LogP contribution in [0.4, 0.5) is 4.39 Å². The van der Waals surface area contributed by atoms with Gasteiger partial charge in [-0.05, 0) is 61.7 Å². The highest BCUT2D eigenvalue weighted by molar-refractivity contribution is 7.84. The second kappa shape index (κ2) is 9.10. The third-order valence-corrected chi connectivity index (χ3v) is 7.36. The van der Waals surface area contributed by atoms with Gasteiger partial charge in [0.05, 0.1) is 22.2 Å². The molecule has 1 fully saturated rings. The molecule has 0 radical (unpaired) electrons. The van der Waals surface area contributed by atoms with Gasteiger partial charge in [0, 0.05) is 24.7 Å². The summed E-state index contributed by atoms with van der Waals surface area (Å²) in [6.07, 6.45) is 3.34. The van der Waals surface area contributed by atoms with Crippen LogP contribution in [-0.4, -0.2) is 37.8 Å². The lowest BCUT2D eigenvalue weighted by Crippen LogP contribution is -2.33. The lowest BCUT2D eigenvalue weighted by Gasteiger charge is -2.33. The number of rotatable bonds is 5. The minimum absolute atomic E-state index is 0.221. The molecule has 1 aliphatic heterocycles. The summed E-state index contributed by atoms with van der Waals surface area (Å²) in [6.45, 7) is 2.21. The van der Waals surface area contributed by atoms with Crippen LogP contribution < -0.4 is 5.56 Å². The van der Waals surface area contributed by atoms with Crippen molar-refractivity contribution in [3.63, 3.8) is 0 Å². The molecule has 0 saturated carbocycles. The third kappa shape index (κ3) is 4.40. The number of halogens is 2. The van der Waals surface area contributed by atoms with Crippen molar-refractivity contribution in [1.82, 2.24) is 14.3 Å². The minimum Gasteiger partial charge on any atom is -0.297 e. The molecular formula is C23H25ClFN3O2S. The van der Waals surface area contributed by atoms with Gasteiger partial charge in [0.15, 0.2) is 0 Å². The third-order valence-electron chi connectivity index (χ3n) is 6.01. The zero-order chi connectivity index (χ0) is 22.1. The van der Waals surface area contributed by atoms with Crippen molar-refractivity contribution < 1.29 is 8.60 Å². The van der Waals surface area contributed by atoms with E-state index in [0.29, 0.717) is 11.4 Å². The van der Waals surface area contributed by atoms with E-state index in [1.807, 2.05) is 42.1 Å². The lowest BCUT2D eigenvalue weighted by atomic mass is 9.89. The molecule has 0 N–H and O–H groups in total. The Morgan fingerprint density at radius 3 is 2.45 bits per heavy atom. The Hall–Kier alpha value is -2.22. The molecule has 0 spiro atoms. The summed E-state index contributed by atoms with van der Waals surface area (Å²) < 4.78 is 29.1. The summed E-state index contributed by atoms with van der Waals surface area (Å²) >= 11 is 6.43. The van der Waals surface area contributed by atoms with Crippen LogP contribution in [0.5, 0.6) is 0 Å². The van der Waals surface area contributed by atoms with Crippen LogP contribution >= 0.6 is 11.6 Å². The second-order valence-corrected chi connectivity index (χ2v) is 9.65. The summed E-state index contributed by atoms with van der Waals surface area (Å²) in [7, 11) is 0.622. The maximum Gasteiger partial charge on any atom is 0.290 e. The van der Waals surface area contributed by atoms with E-state index in [-0.39, 0.29) is 22.3 Å². The largest absolute Gasteiger partial charge is 0.297 e. The topological polar surface area (TPSA) is 47.2 Å². The molecule has 164 valence electrons. The molecule has 8 heteroatoms. The molecule has 1 aromatic heterocycles. The zero-order valence-corrected chi connectivity index (χ0v) is 19.1. The van der Waals surface area contributed by atoms with Crippen LogP contribution in [0.25, 0.3) is 5.69 Å². The zero-order valence-electron chi connectivity index (χ0n) is 17.6. The molecule has 1 unspecified atom stereocenters. The van der Waals surface area contributed by atoms with Crippen LogP contribution in [0.1, 0.15) is 30.0 Å². The predicted molar refractivity (Wildman–Crippen MR) is 122 cm³/mol. The molecule has 0 aliphatic carbocycles. The molecule has 1 atom stereocenters. The van der Waals surface area contributed by atoms with E-state index in [1.54, 1.807) is 17.0 Å². The molecule has 2 heterocycles. The van der Waals surface area contributed by atoms with E-state index in [0.717, 1.165) is 42.9 Å². The number of para-hydroxylation sites is 1. The van der Waals surface area contributed by atoms with Gasteiger partial charge in [-0.2, -0.15) is 0 Å². The Bertz CT molecular complexity index is 1170. The van der Waals surface area contributed by atoms with E-state index < -0.39 is 10.8 Å². The van der Waals surface area contributed by atoms with E-state index >= 15 is 0 Å². The van der Waals surface area contributed by atoms with Gasteiger partial charge in [-0.15, -0.1) is 0 Å². The van der Waals surface area contributed by atoms with E-state index in [9.17, 15) is 13.4 Å². The molecule has 4 rings (SSSR count). The number of hydrogen-bond donors (Lipinski definition) is 0. The molecule has 3 aromatic rings. The Balaban J connectivity index is 1.51. The maximum atomic E-state index is 13.6. The molecule has 5 nitrogen and oxygen atoms in total. The summed E-state index contributed by atoms with van der Waals surface area (Å²) in [5.41, 5.74) is 2.31. The molecule has 2 aromatic carbocycles. The normalized spacial score (nSPS) is 16.5. The number of aromatic nitrogens is 2. The Kier molecular flexibility index (Phi) is 6.46. The quantitative estimate of drug-likeness (QED) is 0.575. The highest BCUT2D eigenvalue weighted by atomic mass is 35.5. The van der Waals surface area contributed by atoms with Gasteiger partial charge >= 0.3 is 0 Å². The number of piperidine rings is 1. The Morgan fingerprint density at radius 1 is 1.13 bits per heavy atom. The monoisotopic (exact) mass is 461 g/mol. The average Bonchev–Trinajstić information content (AvgIpc) is 2.98. The molecule has 31 heavy (non-hydrogen) atoms. The van der Waals surface area contributed by atoms with E-state index in [2.05, 4.69) is 4.90 Å². The number of likely N-dealkylation sites (tertiary alicyclic amines) is 1. The van der Waals surface area contributed by atoms with Crippen LogP contribution in [0, 0.1) is 5.82 Å². The Morgan fingerprint density at radius 2 is 1.81 bits per heavy atom. The SMILES string of the molecule is Cn1c(CN2CCC(c3ccc(F)cc3S(C)=O)CC2)c(Cl)c(=O)n1-c1ccccc1. The minimum atomic E-state index is -1.23. The van der Waals surface area contributed by atoms with Crippen LogP contribution in [0.15, 0.2) is 58.2 Å². The first-order chi connectivity index (χ1) is 14.9. The highest BCUT2D eigenvalue weighted by Crippen LogP contribution is 2.33. The number of benzene rings is 2. The van der Waals surface area contributed by atoms with Gasteiger partial charge in [-0.25, -0.2) is 9.07 Å². The standard InChI is InChI=1S/C23H25ClFN3O2S/c1-26-20(22(24)23(29)28(26)18-6-4-3-5-7-18)15-27-12-10-16(11-13-27)19-9-8-17(25)14-21(19)31(2)30/h3-9,14,16H,10-13,15H2,1-2H3. The van der Waals surface area contributed by atoms with Crippen molar-refractivity contribution in [1.29, 1.82) is 0 Å². The van der Waals surface area contributed by atoms with E-state index in [4.69, 9.17) is 11.6 Å². The highest BCUT2D eigenvalue weighted by Gasteiger charge is 2.26. The molecular weight excluding hydrogens is 437 g/mol. The van der Waals surface area contributed by atoms with E-state index in [1.165, 1.54) is 12.1 Å².